The number of amides is 1. The quantitative estimate of drug-likeness (QED) is 0.521. The Labute approximate surface area is 194 Å². The van der Waals surface area contributed by atoms with Crippen molar-refractivity contribution in [3.63, 3.8) is 0 Å². The fourth-order valence-corrected chi connectivity index (χ4v) is 5.74. The van der Waals surface area contributed by atoms with E-state index < -0.39 is 0 Å². The summed E-state index contributed by atoms with van der Waals surface area (Å²) < 4.78 is 0. The van der Waals surface area contributed by atoms with E-state index in [1.165, 1.54) is 77.7 Å². The van der Waals surface area contributed by atoms with Crippen molar-refractivity contribution in [1.29, 1.82) is 0 Å². The highest BCUT2D eigenvalue weighted by molar-refractivity contribution is 6.10. The lowest BCUT2D eigenvalue weighted by Crippen LogP contribution is -2.46. The normalized spacial score (nSPS) is 21.6. The fourth-order valence-electron chi connectivity index (χ4n) is 5.74. The molecule has 4 rings (SSSR count). The molecule has 3 aliphatic rings. The van der Waals surface area contributed by atoms with Gasteiger partial charge in [0.2, 0.25) is 5.91 Å². The van der Waals surface area contributed by atoms with Crippen LogP contribution in [0.2, 0.25) is 0 Å². The summed E-state index contributed by atoms with van der Waals surface area (Å²) in [7, 11) is 0. The largest absolute Gasteiger partial charge is 0.312 e. The van der Waals surface area contributed by atoms with Crippen molar-refractivity contribution in [3.8, 4) is 0 Å². The second-order valence-electron chi connectivity index (χ2n) is 10.0. The molecule has 1 amide bonds. The molecule has 2 heterocycles. The Hall–Kier alpha value is -1.72. The lowest BCUT2D eigenvalue weighted by Gasteiger charge is -2.35. The van der Waals surface area contributed by atoms with Crippen molar-refractivity contribution in [2.24, 2.45) is 5.92 Å². The third-order valence-electron chi connectivity index (χ3n) is 7.74. The Kier molecular flexibility index (Phi) is 8.75. The number of carbonyl (C=O) groups excluding carboxylic acids is 2. The smallest absolute Gasteiger partial charge is 0.227 e. The molecular weight excluding hydrogens is 398 g/mol. The van der Waals surface area contributed by atoms with E-state index in [9.17, 15) is 9.59 Å². The molecule has 2 fully saturated rings. The zero-order valence-electron chi connectivity index (χ0n) is 19.8. The maximum Gasteiger partial charge on any atom is 0.227 e. The molecule has 1 aromatic rings. The van der Waals surface area contributed by atoms with Crippen LogP contribution in [0, 0.1) is 5.92 Å². The van der Waals surface area contributed by atoms with Gasteiger partial charge in [0, 0.05) is 51.1 Å². The molecule has 0 bridgehead atoms. The monoisotopic (exact) mass is 439 g/mol. The number of carbonyl (C=O) groups is 2. The molecular formula is C27H41N3O2. The lowest BCUT2D eigenvalue weighted by molar-refractivity contribution is -0.118. The van der Waals surface area contributed by atoms with E-state index in [1.807, 2.05) is 29.2 Å². The first-order valence-electron chi connectivity index (χ1n) is 13.1. The standard InChI is InChI=1S/C27H41N3O2/c31-26-14-15-27(32)30(25-13-5-4-12-24(25)26)18-7-6-16-28-19-21-29(22-20-28)17-8-11-23-9-2-1-3-10-23/h4-5,12-13,23H,1-3,6-11,14-22H2. The first-order chi connectivity index (χ1) is 15.7. The molecule has 1 aromatic carbocycles. The molecule has 0 aromatic heterocycles. The molecule has 1 saturated heterocycles. The number of benzene rings is 1. The van der Waals surface area contributed by atoms with E-state index in [1.54, 1.807) is 0 Å². The van der Waals surface area contributed by atoms with E-state index in [4.69, 9.17) is 0 Å². The molecule has 1 aliphatic carbocycles. The molecule has 0 atom stereocenters. The van der Waals surface area contributed by atoms with Crippen LogP contribution in [0.3, 0.4) is 0 Å². The molecule has 0 spiro atoms. The first-order valence-corrected chi connectivity index (χ1v) is 13.1. The summed E-state index contributed by atoms with van der Waals surface area (Å²) in [6.45, 7) is 7.84. The molecule has 0 radical (unpaired) electrons. The summed E-state index contributed by atoms with van der Waals surface area (Å²) in [5, 5.41) is 0. The number of hydrogen-bond donors (Lipinski definition) is 0. The maximum atomic E-state index is 12.6. The summed E-state index contributed by atoms with van der Waals surface area (Å²) >= 11 is 0. The van der Waals surface area contributed by atoms with Crippen molar-refractivity contribution < 1.29 is 9.59 Å². The molecule has 0 unspecified atom stereocenters. The molecule has 32 heavy (non-hydrogen) atoms. The van der Waals surface area contributed by atoms with Gasteiger partial charge in [-0.3, -0.25) is 9.59 Å². The highest BCUT2D eigenvalue weighted by Gasteiger charge is 2.26. The van der Waals surface area contributed by atoms with Crippen LogP contribution >= 0.6 is 0 Å². The SMILES string of the molecule is O=C1CCC(=O)N(CCCCN2CCN(CCCC3CCCCC3)CC2)c2ccccc21. The van der Waals surface area contributed by atoms with E-state index in [0.29, 0.717) is 24.9 Å². The minimum Gasteiger partial charge on any atom is -0.312 e. The molecule has 1 saturated carbocycles. The number of hydrogen-bond acceptors (Lipinski definition) is 4. The van der Waals surface area contributed by atoms with Crippen molar-refractivity contribution in [1.82, 2.24) is 9.80 Å². The van der Waals surface area contributed by atoms with Gasteiger partial charge in [0.1, 0.15) is 0 Å². The second kappa shape index (κ2) is 11.9. The number of piperazine rings is 1. The van der Waals surface area contributed by atoms with Gasteiger partial charge in [-0.2, -0.15) is 0 Å². The van der Waals surface area contributed by atoms with E-state index in [-0.39, 0.29) is 11.7 Å². The summed E-state index contributed by atoms with van der Waals surface area (Å²) in [5.41, 5.74) is 1.51. The van der Waals surface area contributed by atoms with Gasteiger partial charge < -0.3 is 14.7 Å². The molecule has 0 N–H and O–H groups in total. The van der Waals surface area contributed by atoms with E-state index in [2.05, 4.69) is 9.80 Å². The predicted molar refractivity (Wildman–Crippen MR) is 130 cm³/mol. The van der Waals surface area contributed by atoms with Gasteiger partial charge >= 0.3 is 0 Å². The number of rotatable bonds is 9. The van der Waals surface area contributed by atoms with Crippen LogP contribution in [0.25, 0.3) is 0 Å². The second-order valence-corrected chi connectivity index (χ2v) is 10.0. The van der Waals surface area contributed by atoms with Crippen molar-refractivity contribution in [2.75, 3.05) is 50.7 Å². The highest BCUT2D eigenvalue weighted by Crippen LogP contribution is 2.28. The number of nitrogens with zero attached hydrogens (tertiary/aromatic N) is 3. The summed E-state index contributed by atoms with van der Waals surface area (Å²) in [4.78, 5) is 32.0. The topological polar surface area (TPSA) is 43.9 Å². The summed E-state index contributed by atoms with van der Waals surface area (Å²) in [6, 6.07) is 7.59. The summed E-state index contributed by atoms with van der Waals surface area (Å²) in [5.74, 6) is 1.18. The van der Waals surface area contributed by atoms with Gasteiger partial charge in [-0.05, 0) is 56.8 Å². The van der Waals surface area contributed by atoms with Crippen LogP contribution < -0.4 is 4.90 Å². The van der Waals surface area contributed by atoms with Crippen LogP contribution in [0.15, 0.2) is 24.3 Å². The van der Waals surface area contributed by atoms with E-state index in [0.717, 1.165) is 31.0 Å². The Morgan fingerprint density at radius 1 is 0.750 bits per heavy atom. The van der Waals surface area contributed by atoms with Gasteiger partial charge in [-0.25, -0.2) is 0 Å². The third-order valence-corrected chi connectivity index (χ3v) is 7.74. The van der Waals surface area contributed by atoms with Crippen molar-refractivity contribution >= 4 is 17.4 Å². The van der Waals surface area contributed by atoms with Gasteiger partial charge in [-0.1, -0.05) is 44.2 Å². The van der Waals surface area contributed by atoms with Gasteiger partial charge in [-0.15, -0.1) is 0 Å². The van der Waals surface area contributed by atoms with Crippen molar-refractivity contribution in [2.45, 2.75) is 70.6 Å². The number of para-hydroxylation sites is 1. The van der Waals surface area contributed by atoms with Crippen LogP contribution in [0.4, 0.5) is 5.69 Å². The lowest BCUT2D eigenvalue weighted by atomic mass is 9.86. The number of ketones is 1. The van der Waals surface area contributed by atoms with Gasteiger partial charge in [0.25, 0.3) is 0 Å². The third kappa shape index (κ3) is 6.41. The average molecular weight is 440 g/mol. The van der Waals surface area contributed by atoms with Crippen LogP contribution in [0.1, 0.15) is 81.0 Å². The Morgan fingerprint density at radius 3 is 2.16 bits per heavy atom. The van der Waals surface area contributed by atoms with E-state index >= 15 is 0 Å². The number of Topliss-reactive ketones (excluding diaryl/α,β-unsaturated/α-hetero) is 1. The minimum atomic E-state index is 0.0881. The Balaban J connectivity index is 1.13. The van der Waals surface area contributed by atoms with Gasteiger partial charge in [0.05, 0.1) is 5.69 Å². The minimum absolute atomic E-state index is 0.0881. The van der Waals surface area contributed by atoms with Crippen LogP contribution in [-0.2, 0) is 4.79 Å². The predicted octanol–water partition coefficient (Wildman–Crippen LogP) is 4.75. The molecule has 5 nitrogen and oxygen atoms in total. The maximum absolute atomic E-state index is 12.6. The number of anilines is 1. The van der Waals surface area contributed by atoms with Crippen LogP contribution in [-0.4, -0.2) is 67.3 Å². The fraction of sp³-hybridized carbons (Fsp3) is 0.704. The zero-order valence-corrected chi connectivity index (χ0v) is 19.8. The number of unbranched alkanes of at least 4 members (excludes halogenated alkanes) is 1. The van der Waals surface area contributed by atoms with Crippen molar-refractivity contribution in [3.05, 3.63) is 29.8 Å². The summed E-state index contributed by atoms with van der Waals surface area (Å²) in [6.07, 6.45) is 12.9. The molecule has 176 valence electrons. The average Bonchev–Trinajstić information content (AvgIpc) is 2.95. The van der Waals surface area contributed by atoms with Crippen LogP contribution in [0.5, 0.6) is 0 Å². The Morgan fingerprint density at radius 2 is 1.41 bits per heavy atom. The van der Waals surface area contributed by atoms with Gasteiger partial charge in [0.15, 0.2) is 5.78 Å². The number of fused-ring (bicyclic) bond motifs is 1. The zero-order chi connectivity index (χ0) is 22.2. The Bertz CT molecular complexity index is 751. The first kappa shape index (κ1) is 23.4. The highest BCUT2D eigenvalue weighted by atomic mass is 16.2. The molecule has 5 heteroatoms. The molecule has 2 aliphatic heterocycles.